The predicted octanol–water partition coefficient (Wildman–Crippen LogP) is 1.33. The number of hydrazine groups is 1. The summed E-state index contributed by atoms with van der Waals surface area (Å²) >= 11 is 5.76. The molecule has 0 bridgehead atoms. The molecular formula is C8H15ClN2O4S. The van der Waals surface area contributed by atoms with Gasteiger partial charge in [0.05, 0.1) is 5.54 Å². The number of carboxylic acid groups (broad SMARTS) is 1. The van der Waals surface area contributed by atoms with Crippen LogP contribution in [0.2, 0.25) is 0 Å². The number of halogens is 1. The average Bonchev–Trinajstić information content (AvgIpc) is 2.78. The fourth-order valence-corrected chi connectivity index (χ4v) is 2.63. The van der Waals surface area contributed by atoms with Crippen molar-refractivity contribution in [3.63, 3.8) is 0 Å². The first-order valence-corrected chi connectivity index (χ1v) is 6.60. The number of hydrogen-bond acceptors (Lipinski definition) is 3. The lowest BCUT2D eigenvalue weighted by Gasteiger charge is -2.33. The largest absolute Gasteiger partial charge is 0.464 e. The van der Waals surface area contributed by atoms with Crippen molar-refractivity contribution in [2.24, 2.45) is 0 Å². The predicted molar refractivity (Wildman–Crippen MR) is 59.5 cm³/mol. The van der Waals surface area contributed by atoms with Gasteiger partial charge in [0.25, 0.3) is 0 Å². The van der Waals surface area contributed by atoms with E-state index in [1.807, 2.05) is 4.83 Å². The molecule has 1 aliphatic carbocycles. The summed E-state index contributed by atoms with van der Waals surface area (Å²) in [5.74, 6) is 0. The van der Waals surface area contributed by atoms with E-state index >= 15 is 0 Å². The second-order valence-electron chi connectivity index (χ2n) is 4.77. The van der Waals surface area contributed by atoms with E-state index in [1.54, 1.807) is 20.8 Å². The van der Waals surface area contributed by atoms with E-state index < -0.39 is 25.9 Å². The minimum atomic E-state index is -3.85. The number of rotatable bonds is 3. The zero-order chi connectivity index (χ0) is 12.8. The van der Waals surface area contributed by atoms with E-state index in [2.05, 4.69) is 0 Å². The van der Waals surface area contributed by atoms with E-state index in [-0.39, 0.29) is 0 Å². The number of nitrogens with one attached hydrogen (secondary N) is 1. The van der Waals surface area contributed by atoms with Crippen LogP contribution in [0.15, 0.2) is 0 Å². The number of amides is 1. The maximum absolute atomic E-state index is 11.7. The van der Waals surface area contributed by atoms with Gasteiger partial charge in [-0.1, -0.05) is 0 Å². The first-order valence-electron chi connectivity index (χ1n) is 4.74. The second-order valence-corrected chi connectivity index (χ2v) is 7.69. The average molecular weight is 271 g/mol. The molecule has 16 heavy (non-hydrogen) atoms. The third-order valence-electron chi connectivity index (χ3n) is 2.20. The summed E-state index contributed by atoms with van der Waals surface area (Å²) in [6.45, 7) is 4.74. The van der Waals surface area contributed by atoms with Gasteiger partial charge in [-0.05, 0) is 33.6 Å². The van der Waals surface area contributed by atoms with Crippen LogP contribution in [0.1, 0.15) is 33.6 Å². The fraction of sp³-hybridized carbons (Fsp3) is 0.875. The molecule has 0 aromatic rings. The number of alkyl halides is 1. The molecule has 0 unspecified atom stereocenters. The Bertz CT molecular complexity index is 397. The second kappa shape index (κ2) is 3.75. The van der Waals surface area contributed by atoms with Crippen molar-refractivity contribution < 1.29 is 18.3 Å². The number of hydrogen-bond donors (Lipinski definition) is 2. The Kier molecular flexibility index (Phi) is 3.17. The van der Waals surface area contributed by atoms with Crippen molar-refractivity contribution in [1.82, 2.24) is 9.84 Å². The molecule has 0 spiro atoms. The maximum Gasteiger partial charge on any atom is 0.423 e. The van der Waals surface area contributed by atoms with Gasteiger partial charge in [-0.3, -0.25) is 0 Å². The first kappa shape index (κ1) is 13.5. The highest BCUT2D eigenvalue weighted by Crippen LogP contribution is 2.47. The Labute approximate surface area is 99.6 Å². The summed E-state index contributed by atoms with van der Waals surface area (Å²) in [5.41, 5.74) is -0.874. The van der Waals surface area contributed by atoms with Crippen LogP contribution in [-0.2, 0) is 10.0 Å². The topological polar surface area (TPSA) is 86.7 Å². The molecule has 1 rings (SSSR count). The van der Waals surface area contributed by atoms with Crippen LogP contribution in [-0.4, -0.2) is 34.4 Å². The molecular weight excluding hydrogens is 256 g/mol. The lowest BCUT2D eigenvalue weighted by atomic mass is 10.1. The molecule has 6 nitrogen and oxygen atoms in total. The zero-order valence-corrected chi connectivity index (χ0v) is 10.9. The van der Waals surface area contributed by atoms with Crippen LogP contribution in [0, 0.1) is 0 Å². The van der Waals surface area contributed by atoms with Crippen LogP contribution < -0.4 is 4.83 Å². The lowest BCUT2D eigenvalue weighted by molar-refractivity contribution is 0.0856. The van der Waals surface area contributed by atoms with Crippen molar-refractivity contribution in [3.8, 4) is 0 Å². The molecule has 0 aliphatic heterocycles. The van der Waals surface area contributed by atoms with Crippen molar-refractivity contribution in [2.75, 3.05) is 0 Å². The number of carbonyl (C=O) groups is 1. The Morgan fingerprint density at radius 1 is 1.44 bits per heavy atom. The Morgan fingerprint density at radius 2 is 1.88 bits per heavy atom. The quantitative estimate of drug-likeness (QED) is 0.598. The summed E-state index contributed by atoms with van der Waals surface area (Å²) in [5, 5.41) is 9.56. The molecule has 0 aromatic carbocycles. The van der Waals surface area contributed by atoms with Gasteiger partial charge < -0.3 is 5.11 Å². The Balaban J connectivity index is 2.90. The lowest BCUT2D eigenvalue weighted by Crippen LogP contribution is -2.56. The first-order chi connectivity index (χ1) is 7.00. The van der Waals surface area contributed by atoms with Crippen LogP contribution in [0.4, 0.5) is 4.79 Å². The molecule has 1 aliphatic rings. The van der Waals surface area contributed by atoms with E-state index in [9.17, 15) is 13.2 Å². The molecule has 1 saturated carbocycles. The van der Waals surface area contributed by atoms with Gasteiger partial charge in [-0.25, -0.2) is 18.2 Å². The van der Waals surface area contributed by atoms with Gasteiger partial charge in [0, 0.05) is 0 Å². The summed E-state index contributed by atoms with van der Waals surface area (Å²) in [6.07, 6.45) is -0.694. The fourth-order valence-electron chi connectivity index (χ4n) is 1.03. The van der Waals surface area contributed by atoms with Crippen molar-refractivity contribution in [1.29, 1.82) is 0 Å². The molecule has 0 aromatic heterocycles. The number of nitrogens with zero attached hydrogens (tertiary/aromatic N) is 1. The van der Waals surface area contributed by atoms with Crippen LogP contribution in [0.3, 0.4) is 0 Å². The third-order valence-corrected chi connectivity index (χ3v) is 4.98. The SMILES string of the molecule is CC(C)(C)N(NS(=O)(=O)C1(Cl)CC1)C(=O)O. The highest BCUT2D eigenvalue weighted by atomic mass is 35.5. The summed E-state index contributed by atoms with van der Waals surface area (Å²) in [6, 6.07) is 0. The Morgan fingerprint density at radius 3 is 2.12 bits per heavy atom. The van der Waals surface area contributed by atoms with Crippen LogP contribution in [0.5, 0.6) is 0 Å². The van der Waals surface area contributed by atoms with Gasteiger partial charge in [-0.2, -0.15) is 0 Å². The van der Waals surface area contributed by atoms with Gasteiger partial charge in [0.15, 0.2) is 4.21 Å². The van der Waals surface area contributed by atoms with E-state index in [0.29, 0.717) is 17.9 Å². The molecule has 0 radical (unpaired) electrons. The van der Waals surface area contributed by atoms with Gasteiger partial charge >= 0.3 is 6.09 Å². The van der Waals surface area contributed by atoms with E-state index in [0.717, 1.165) is 0 Å². The van der Waals surface area contributed by atoms with Gasteiger partial charge in [-0.15, -0.1) is 16.4 Å². The summed E-state index contributed by atoms with van der Waals surface area (Å²) in [4.78, 5) is 12.9. The van der Waals surface area contributed by atoms with Crippen LogP contribution >= 0.6 is 11.6 Å². The highest BCUT2D eigenvalue weighted by molar-refractivity contribution is 7.92. The van der Waals surface area contributed by atoms with Gasteiger partial charge in [0.2, 0.25) is 10.0 Å². The molecule has 2 N–H and O–H groups in total. The normalized spacial score (nSPS) is 19.2. The Hall–Kier alpha value is -0.530. The van der Waals surface area contributed by atoms with Crippen molar-refractivity contribution in [3.05, 3.63) is 0 Å². The molecule has 94 valence electrons. The highest BCUT2D eigenvalue weighted by Gasteiger charge is 2.54. The van der Waals surface area contributed by atoms with E-state index in [1.165, 1.54) is 0 Å². The summed E-state index contributed by atoms with van der Waals surface area (Å²) < 4.78 is 22.1. The zero-order valence-electron chi connectivity index (χ0n) is 9.32. The molecule has 0 saturated heterocycles. The monoisotopic (exact) mass is 270 g/mol. The van der Waals surface area contributed by atoms with Crippen molar-refractivity contribution in [2.45, 2.75) is 43.4 Å². The molecule has 0 heterocycles. The standard InChI is InChI=1S/C8H15ClN2O4S/c1-7(2,3)11(6(12)13)10-16(14,15)8(9)4-5-8/h10H,4-5H2,1-3H3,(H,12,13). The minimum absolute atomic E-state index is 0.335. The maximum atomic E-state index is 11.7. The minimum Gasteiger partial charge on any atom is -0.464 e. The van der Waals surface area contributed by atoms with E-state index in [4.69, 9.17) is 16.7 Å². The van der Waals surface area contributed by atoms with Crippen molar-refractivity contribution >= 4 is 27.7 Å². The van der Waals surface area contributed by atoms with Gasteiger partial charge in [0.1, 0.15) is 0 Å². The third kappa shape index (κ3) is 2.58. The molecule has 0 atom stereocenters. The molecule has 8 heteroatoms. The number of sulfonamides is 1. The molecule has 1 amide bonds. The summed E-state index contributed by atoms with van der Waals surface area (Å²) in [7, 11) is -3.85. The molecule has 1 fully saturated rings. The smallest absolute Gasteiger partial charge is 0.423 e. The van der Waals surface area contributed by atoms with Crippen LogP contribution in [0.25, 0.3) is 0 Å².